The maximum Gasteiger partial charge on any atom is 0.347 e. The van der Waals surface area contributed by atoms with Crippen molar-refractivity contribution in [3.8, 4) is 0 Å². The van der Waals surface area contributed by atoms with Gasteiger partial charge >= 0.3 is 5.69 Å². The van der Waals surface area contributed by atoms with Crippen molar-refractivity contribution in [2.24, 2.45) is 5.10 Å². The number of aromatic amines is 1. The molecule has 0 radical (unpaired) electrons. The van der Waals surface area contributed by atoms with Crippen molar-refractivity contribution in [2.75, 3.05) is 10.7 Å². The van der Waals surface area contributed by atoms with Crippen LogP contribution in [0.25, 0.3) is 0 Å². The monoisotopic (exact) mass is 415 g/mol. The van der Waals surface area contributed by atoms with E-state index in [0.29, 0.717) is 27.0 Å². The fraction of sp³-hybridized carbons (Fsp3) is 0.0526. The molecule has 2 aromatic carbocycles. The van der Waals surface area contributed by atoms with Crippen LogP contribution in [0, 0.1) is 6.92 Å². The van der Waals surface area contributed by atoms with Gasteiger partial charge in [-0.1, -0.05) is 53.5 Å². The third kappa shape index (κ3) is 4.57. The number of carbonyl (C=O) groups is 1. The Bertz CT molecular complexity index is 1110. The summed E-state index contributed by atoms with van der Waals surface area (Å²) in [6.07, 6.45) is 1.47. The van der Waals surface area contributed by atoms with Crippen LogP contribution in [-0.2, 0) is 0 Å². The molecule has 1 aromatic heterocycles. The zero-order valence-corrected chi connectivity index (χ0v) is 16.2. The lowest BCUT2D eigenvalue weighted by Crippen LogP contribution is -2.23. The largest absolute Gasteiger partial charge is 0.347 e. The molecule has 142 valence electrons. The highest BCUT2D eigenvalue weighted by Crippen LogP contribution is 2.23. The van der Waals surface area contributed by atoms with Crippen LogP contribution < -0.4 is 16.4 Å². The Morgan fingerprint density at radius 3 is 2.50 bits per heavy atom. The molecule has 1 amide bonds. The molecule has 0 aliphatic rings. The average Bonchev–Trinajstić information content (AvgIpc) is 2.64. The average molecular weight is 416 g/mol. The Kier molecular flexibility index (Phi) is 6.08. The number of carbonyl (C=O) groups excluding carboxylic acids is 1. The molecular formula is C19H15Cl2N5O2. The van der Waals surface area contributed by atoms with Crippen molar-refractivity contribution >= 4 is 46.8 Å². The van der Waals surface area contributed by atoms with Crippen LogP contribution in [-0.4, -0.2) is 22.1 Å². The molecule has 3 rings (SSSR count). The number of halogens is 2. The minimum absolute atomic E-state index is 0.00843. The molecule has 0 atom stereocenters. The number of rotatable bonds is 5. The number of nitrogens with one attached hydrogen (secondary N) is 3. The molecule has 3 N–H and O–H groups in total. The zero-order chi connectivity index (χ0) is 20.1. The smallest absolute Gasteiger partial charge is 0.320 e. The SMILES string of the molecule is Cc1[nH]c(=O)nc(N/N=C/c2ccccc2Cl)c1C(=O)Nc1ccccc1Cl. The lowest BCUT2D eigenvalue weighted by Gasteiger charge is -2.11. The van der Waals surface area contributed by atoms with E-state index in [-0.39, 0.29) is 11.4 Å². The number of nitrogens with zero attached hydrogens (tertiary/aromatic N) is 2. The molecule has 0 bridgehead atoms. The number of amides is 1. The summed E-state index contributed by atoms with van der Waals surface area (Å²) in [5.41, 5.74) is 3.60. The standard InChI is InChI=1S/C19H15Cl2N5O2/c1-11-16(18(27)24-15-9-5-4-8-14(15)21)17(25-19(28)23-11)26-22-10-12-6-2-3-7-13(12)20/h2-10H,1H3,(H,24,27)(H2,23,25,26,28)/b22-10+. The van der Waals surface area contributed by atoms with E-state index in [4.69, 9.17) is 23.2 Å². The van der Waals surface area contributed by atoms with E-state index in [2.05, 4.69) is 25.8 Å². The first kappa shape index (κ1) is 19.6. The maximum absolute atomic E-state index is 12.8. The Balaban J connectivity index is 1.89. The van der Waals surface area contributed by atoms with Gasteiger partial charge < -0.3 is 10.3 Å². The number of benzene rings is 2. The lowest BCUT2D eigenvalue weighted by atomic mass is 10.2. The topological polar surface area (TPSA) is 99.2 Å². The van der Waals surface area contributed by atoms with Crippen LogP contribution in [0.15, 0.2) is 58.4 Å². The molecular weight excluding hydrogens is 401 g/mol. The summed E-state index contributed by atoms with van der Waals surface area (Å²) in [6.45, 7) is 1.59. The van der Waals surface area contributed by atoms with Crippen molar-refractivity contribution in [1.82, 2.24) is 9.97 Å². The van der Waals surface area contributed by atoms with Crippen LogP contribution in [0.3, 0.4) is 0 Å². The van der Waals surface area contributed by atoms with Crippen LogP contribution in [0.4, 0.5) is 11.5 Å². The van der Waals surface area contributed by atoms with E-state index in [1.54, 1.807) is 49.4 Å². The van der Waals surface area contributed by atoms with Crippen molar-refractivity contribution in [2.45, 2.75) is 6.92 Å². The van der Waals surface area contributed by atoms with Gasteiger partial charge in [0.05, 0.1) is 16.9 Å². The quantitative estimate of drug-likeness (QED) is 0.431. The number of anilines is 2. The molecule has 1 heterocycles. The Morgan fingerprint density at radius 1 is 1.11 bits per heavy atom. The number of para-hydroxylation sites is 1. The van der Waals surface area contributed by atoms with Gasteiger partial charge in [0.15, 0.2) is 5.82 Å². The first-order chi connectivity index (χ1) is 13.5. The van der Waals surface area contributed by atoms with Crippen molar-refractivity contribution in [3.63, 3.8) is 0 Å². The molecule has 9 heteroatoms. The summed E-state index contributed by atoms with van der Waals surface area (Å²) in [4.78, 5) is 30.8. The number of aryl methyl sites for hydroxylation is 1. The van der Waals surface area contributed by atoms with E-state index < -0.39 is 11.6 Å². The molecule has 0 saturated heterocycles. The van der Waals surface area contributed by atoms with E-state index in [9.17, 15) is 9.59 Å². The van der Waals surface area contributed by atoms with Crippen molar-refractivity contribution in [3.05, 3.63) is 85.9 Å². The summed E-state index contributed by atoms with van der Waals surface area (Å²) >= 11 is 12.2. The first-order valence-corrected chi connectivity index (χ1v) is 8.91. The predicted molar refractivity (Wildman–Crippen MR) is 112 cm³/mol. The second-order valence-electron chi connectivity index (χ2n) is 5.72. The van der Waals surface area contributed by atoms with Crippen LogP contribution in [0.2, 0.25) is 10.0 Å². The summed E-state index contributed by atoms with van der Waals surface area (Å²) < 4.78 is 0. The van der Waals surface area contributed by atoms with Gasteiger partial charge in [0.25, 0.3) is 5.91 Å². The minimum atomic E-state index is -0.609. The molecule has 28 heavy (non-hydrogen) atoms. The normalized spacial score (nSPS) is 10.8. The number of H-pyrrole nitrogens is 1. The lowest BCUT2D eigenvalue weighted by molar-refractivity contribution is 0.102. The summed E-state index contributed by atoms with van der Waals surface area (Å²) in [5, 5.41) is 7.64. The van der Waals surface area contributed by atoms with Gasteiger partial charge in [0.1, 0.15) is 5.56 Å². The highest BCUT2D eigenvalue weighted by molar-refractivity contribution is 6.34. The van der Waals surface area contributed by atoms with Gasteiger partial charge in [0.2, 0.25) is 0 Å². The van der Waals surface area contributed by atoms with Gasteiger partial charge in [-0.2, -0.15) is 10.1 Å². The summed E-state index contributed by atoms with van der Waals surface area (Å²) in [7, 11) is 0. The molecule has 0 spiro atoms. The Hall–Kier alpha value is -3.16. The van der Waals surface area contributed by atoms with Gasteiger partial charge in [-0.25, -0.2) is 4.79 Å². The van der Waals surface area contributed by atoms with Crippen LogP contribution in [0.1, 0.15) is 21.6 Å². The number of hydrogen-bond acceptors (Lipinski definition) is 5. The summed E-state index contributed by atoms with van der Waals surface area (Å²) in [5.74, 6) is -0.487. The number of aromatic nitrogens is 2. The second kappa shape index (κ2) is 8.69. The van der Waals surface area contributed by atoms with E-state index in [0.717, 1.165) is 0 Å². The van der Waals surface area contributed by atoms with Gasteiger partial charge in [0, 0.05) is 16.3 Å². The molecule has 0 saturated carbocycles. The third-order valence-corrected chi connectivity index (χ3v) is 4.42. The highest BCUT2D eigenvalue weighted by Gasteiger charge is 2.18. The first-order valence-electron chi connectivity index (χ1n) is 8.16. The molecule has 0 fully saturated rings. The van der Waals surface area contributed by atoms with E-state index in [1.807, 2.05) is 6.07 Å². The molecule has 0 aliphatic heterocycles. The Morgan fingerprint density at radius 2 is 1.79 bits per heavy atom. The Labute approximate surface area is 170 Å². The fourth-order valence-corrected chi connectivity index (χ4v) is 2.80. The summed E-state index contributed by atoms with van der Waals surface area (Å²) in [6, 6.07) is 13.9. The van der Waals surface area contributed by atoms with Gasteiger partial charge in [-0.15, -0.1) is 0 Å². The van der Waals surface area contributed by atoms with E-state index in [1.165, 1.54) is 6.21 Å². The molecule has 3 aromatic rings. The van der Waals surface area contributed by atoms with Crippen LogP contribution >= 0.6 is 23.2 Å². The minimum Gasteiger partial charge on any atom is -0.320 e. The van der Waals surface area contributed by atoms with Crippen LogP contribution in [0.5, 0.6) is 0 Å². The second-order valence-corrected chi connectivity index (χ2v) is 6.53. The highest BCUT2D eigenvalue weighted by atomic mass is 35.5. The third-order valence-electron chi connectivity index (χ3n) is 3.75. The predicted octanol–water partition coefficient (Wildman–Crippen LogP) is 4.08. The molecule has 7 nitrogen and oxygen atoms in total. The van der Waals surface area contributed by atoms with E-state index >= 15 is 0 Å². The fourth-order valence-electron chi connectivity index (χ4n) is 2.43. The van der Waals surface area contributed by atoms with Crippen molar-refractivity contribution < 1.29 is 4.79 Å². The van der Waals surface area contributed by atoms with Gasteiger partial charge in [-0.3, -0.25) is 10.2 Å². The van der Waals surface area contributed by atoms with Gasteiger partial charge in [-0.05, 0) is 25.1 Å². The number of hydrogen-bond donors (Lipinski definition) is 3. The zero-order valence-electron chi connectivity index (χ0n) is 14.7. The molecule has 0 aliphatic carbocycles. The number of hydrazone groups is 1. The molecule has 0 unspecified atom stereocenters. The maximum atomic E-state index is 12.8. The van der Waals surface area contributed by atoms with Crippen molar-refractivity contribution in [1.29, 1.82) is 0 Å².